The van der Waals surface area contributed by atoms with Crippen LogP contribution in [0.2, 0.25) is 0 Å². The molecule has 0 fully saturated rings. The molecule has 0 amide bonds. The van der Waals surface area contributed by atoms with Gasteiger partial charge in [0.15, 0.2) is 0 Å². The van der Waals surface area contributed by atoms with Gasteiger partial charge in [0.1, 0.15) is 0 Å². The van der Waals surface area contributed by atoms with Crippen LogP contribution in [0.4, 0.5) is 0 Å². The predicted octanol–water partition coefficient (Wildman–Crippen LogP) is -2.10. The molecular weight excluding hydrogens is 150 g/mol. The van der Waals surface area contributed by atoms with Gasteiger partial charge in [0.2, 0.25) is 0 Å². The summed E-state index contributed by atoms with van der Waals surface area (Å²) in [6.07, 6.45) is 2.04. The van der Waals surface area contributed by atoms with Crippen molar-refractivity contribution >= 4 is 0 Å². The molecule has 0 heterocycles. The average molecular weight is 161 g/mol. The Kier molecular flexibility index (Phi) is 17.6. The fourth-order valence-electron chi connectivity index (χ4n) is 0.158. The smallest absolute Gasteiger partial charge is 1.00 e. The Hall–Kier alpha value is 1.77. The number of hydrogen-bond donors (Lipinski definition) is 1. The molecule has 0 aromatic carbocycles. The Morgan fingerprint density at radius 3 is 2.17 bits per heavy atom. The van der Waals surface area contributed by atoms with E-state index in [1.165, 1.54) is 0 Å². The van der Waals surface area contributed by atoms with Crippen molar-refractivity contribution in [1.82, 2.24) is 0 Å². The van der Waals surface area contributed by atoms with Gasteiger partial charge in [0.05, 0.1) is 0 Å². The van der Waals surface area contributed by atoms with Crippen molar-refractivity contribution in [2.45, 2.75) is 19.8 Å². The number of unbranched alkanes of at least 4 members (excludes halogenated alkanes) is 1. The first kappa shape index (κ1) is 10.7. The minimum atomic E-state index is 0. The van der Waals surface area contributed by atoms with Gasteiger partial charge in [0, 0.05) is 6.61 Å². The normalized spacial score (nSPS) is 7.00. The van der Waals surface area contributed by atoms with E-state index in [0.717, 1.165) is 12.8 Å². The first-order valence-electron chi connectivity index (χ1n) is 2.02. The summed E-state index contributed by atoms with van der Waals surface area (Å²) >= 11 is 0. The standard InChI is InChI=1S/C4H10O.Rb.H/c1-2-3-4-5;;/h5H,2-4H2,1H3;;/q;+1;-1. The summed E-state index contributed by atoms with van der Waals surface area (Å²) < 4.78 is 0. The van der Waals surface area contributed by atoms with Crippen molar-refractivity contribution in [2.24, 2.45) is 0 Å². The Bertz CT molecular complexity index is 19.2. The molecule has 0 spiro atoms. The van der Waals surface area contributed by atoms with Gasteiger partial charge in [-0.15, -0.1) is 0 Å². The van der Waals surface area contributed by atoms with Crippen molar-refractivity contribution in [1.29, 1.82) is 0 Å². The van der Waals surface area contributed by atoms with Crippen LogP contribution < -0.4 is 58.2 Å². The second-order valence-electron chi connectivity index (χ2n) is 1.08. The van der Waals surface area contributed by atoms with Gasteiger partial charge in [-0.25, -0.2) is 0 Å². The van der Waals surface area contributed by atoms with Gasteiger partial charge in [-0.1, -0.05) is 13.3 Å². The number of hydrogen-bond acceptors (Lipinski definition) is 1. The molecule has 0 bridgehead atoms. The van der Waals surface area contributed by atoms with E-state index in [1.54, 1.807) is 0 Å². The summed E-state index contributed by atoms with van der Waals surface area (Å²) in [6, 6.07) is 0. The first-order chi connectivity index (χ1) is 2.41. The molecule has 1 nitrogen and oxygen atoms in total. The van der Waals surface area contributed by atoms with Crippen LogP contribution in [0, 0.1) is 0 Å². The summed E-state index contributed by atoms with van der Waals surface area (Å²) in [5.41, 5.74) is 0. The van der Waals surface area contributed by atoms with Crippen molar-refractivity contribution < 1.29 is 64.7 Å². The second kappa shape index (κ2) is 9.90. The van der Waals surface area contributed by atoms with Crippen molar-refractivity contribution in [3.63, 3.8) is 0 Å². The van der Waals surface area contributed by atoms with Crippen LogP contribution in [0.25, 0.3) is 0 Å². The van der Waals surface area contributed by atoms with E-state index in [9.17, 15) is 0 Å². The fraction of sp³-hybridized carbons (Fsp3) is 1.00. The number of aliphatic hydroxyl groups excluding tert-OH is 1. The zero-order chi connectivity index (χ0) is 4.12. The minimum absolute atomic E-state index is 0. The van der Waals surface area contributed by atoms with Gasteiger partial charge in [-0.05, 0) is 6.42 Å². The number of aliphatic hydroxyl groups is 1. The summed E-state index contributed by atoms with van der Waals surface area (Å²) in [5.74, 6) is 0. The van der Waals surface area contributed by atoms with Crippen molar-refractivity contribution in [3.8, 4) is 0 Å². The van der Waals surface area contributed by atoms with Crippen molar-refractivity contribution in [3.05, 3.63) is 0 Å². The van der Waals surface area contributed by atoms with E-state index in [2.05, 4.69) is 6.92 Å². The molecule has 0 saturated heterocycles. The third-order valence-corrected chi connectivity index (χ3v) is 0.512. The van der Waals surface area contributed by atoms with Gasteiger partial charge in [-0.3, -0.25) is 0 Å². The van der Waals surface area contributed by atoms with Crippen LogP contribution in [-0.2, 0) is 0 Å². The van der Waals surface area contributed by atoms with Crippen LogP contribution in [0.15, 0.2) is 0 Å². The van der Waals surface area contributed by atoms with Crippen LogP contribution in [0.3, 0.4) is 0 Å². The van der Waals surface area contributed by atoms with Crippen LogP contribution in [0.1, 0.15) is 21.2 Å². The Morgan fingerprint density at radius 2 is 2.17 bits per heavy atom. The molecule has 0 atom stereocenters. The quantitative estimate of drug-likeness (QED) is 0.491. The average Bonchev–Trinajstić information content (AvgIpc) is 1.41. The maximum absolute atomic E-state index is 8.07. The number of rotatable bonds is 2. The van der Waals surface area contributed by atoms with E-state index in [4.69, 9.17) is 5.11 Å². The molecule has 0 radical (unpaired) electrons. The van der Waals surface area contributed by atoms with Crippen LogP contribution in [0.5, 0.6) is 0 Å². The summed E-state index contributed by atoms with van der Waals surface area (Å²) in [4.78, 5) is 0. The maximum atomic E-state index is 8.07. The summed E-state index contributed by atoms with van der Waals surface area (Å²) in [7, 11) is 0. The predicted molar refractivity (Wildman–Crippen MR) is 23.1 cm³/mol. The zero-order valence-electron chi connectivity index (χ0n) is 5.57. The van der Waals surface area contributed by atoms with E-state index in [1.807, 2.05) is 0 Å². The van der Waals surface area contributed by atoms with E-state index in [0.29, 0.717) is 6.61 Å². The molecule has 6 heavy (non-hydrogen) atoms. The molecule has 0 aliphatic heterocycles. The zero-order valence-corrected chi connectivity index (χ0v) is 9.48. The van der Waals surface area contributed by atoms with E-state index < -0.39 is 0 Å². The molecule has 2 heteroatoms. The van der Waals surface area contributed by atoms with Crippen molar-refractivity contribution in [2.75, 3.05) is 6.61 Å². The van der Waals surface area contributed by atoms with Gasteiger partial charge < -0.3 is 6.53 Å². The molecule has 0 saturated carbocycles. The van der Waals surface area contributed by atoms with Crippen LogP contribution in [-0.4, -0.2) is 11.7 Å². The molecule has 0 aliphatic carbocycles. The Labute approximate surface area is 89.4 Å². The molecule has 0 aromatic heterocycles. The fourth-order valence-corrected chi connectivity index (χ4v) is 0.158. The molecule has 0 aromatic rings. The Morgan fingerprint density at radius 1 is 1.67 bits per heavy atom. The summed E-state index contributed by atoms with van der Waals surface area (Å²) in [6.45, 7) is 2.40. The topological polar surface area (TPSA) is 20.2 Å². The molecule has 1 N–H and O–H groups in total. The van der Waals surface area contributed by atoms with E-state index in [-0.39, 0.29) is 59.6 Å². The molecule has 0 aliphatic rings. The Balaban J connectivity index is -0.0000000800. The molecule has 0 unspecified atom stereocenters. The summed E-state index contributed by atoms with van der Waals surface area (Å²) in [5, 5.41) is 8.07. The second-order valence-corrected chi connectivity index (χ2v) is 1.08. The van der Waals surface area contributed by atoms with E-state index >= 15 is 0 Å². The van der Waals surface area contributed by atoms with Gasteiger partial charge in [-0.2, -0.15) is 0 Å². The molecule has 34 valence electrons. The van der Waals surface area contributed by atoms with Crippen LogP contribution >= 0.6 is 0 Å². The molecule has 0 rings (SSSR count). The third-order valence-electron chi connectivity index (χ3n) is 0.512. The maximum Gasteiger partial charge on any atom is 1.00 e. The first-order valence-corrected chi connectivity index (χ1v) is 2.02. The third kappa shape index (κ3) is 9.23. The SMILES string of the molecule is CCCCO.[H-].[Rb+]. The van der Waals surface area contributed by atoms with Gasteiger partial charge >= 0.3 is 58.2 Å². The van der Waals surface area contributed by atoms with Gasteiger partial charge in [0.25, 0.3) is 0 Å². The molecular formula is C4H11ORb. The minimum Gasteiger partial charge on any atom is -1.00 e. The largest absolute Gasteiger partial charge is 1.00 e. The monoisotopic (exact) mass is 160 g/mol.